The van der Waals surface area contributed by atoms with Crippen LogP contribution in [0.5, 0.6) is 0 Å². The van der Waals surface area contributed by atoms with Gasteiger partial charge in [-0.25, -0.2) is 0 Å². The van der Waals surface area contributed by atoms with Crippen LogP contribution < -0.4 is 0 Å². The van der Waals surface area contributed by atoms with Gasteiger partial charge in [0.15, 0.2) is 0 Å². The number of hydrogen-bond donors (Lipinski definition) is 0. The van der Waals surface area contributed by atoms with E-state index in [0.29, 0.717) is 12.6 Å². The van der Waals surface area contributed by atoms with Crippen LogP contribution in [0.15, 0.2) is 0 Å². The number of hydrogen-bond acceptors (Lipinski definition) is 10. The van der Waals surface area contributed by atoms with Crippen LogP contribution in [0.3, 0.4) is 0 Å². The summed E-state index contributed by atoms with van der Waals surface area (Å²) >= 11 is 39.1. The summed E-state index contributed by atoms with van der Waals surface area (Å²) < 4.78 is 3.67. The minimum Gasteiger partial charge on any atom is -0.813 e. The Balaban J connectivity index is -0.0000000101. The zero-order valence-electron chi connectivity index (χ0n) is 13.7. The van der Waals surface area contributed by atoms with E-state index in [9.17, 15) is 0 Å². The van der Waals surface area contributed by atoms with Crippen LogP contribution in [0, 0.1) is 0 Å². The number of thiol groups is 2. The molecule has 0 aromatic heterocycles. The average molecular weight is 924 g/mol. The topological polar surface area (TPSA) is 0 Å². The molecule has 0 aromatic rings. The summed E-state index contributed by atoms with van der Waals surface area (Å²) in [5.41, 5.74) is 0. The van der Waals surface area contributed by atoms with Crippen LogP contribution in [0.1, 0.15) is 20.8 Å². The van der Waals surface area contributed by atoms with E-state index in [4.69, 9.17) is 0 Å². The predicted octanol–water partition coefficient (Wildman–Crippen LogP) is 2.36. The fourth-order valence-corrected chi connectivity index (χ4v) is 0. The maximum atomic E-state index is 4.35. The van der Waals surface area contributed by atoms with Crippen molar-refractivity contribution in [2.75, 3.05) is 0 Å². The van der Waals surface area contributed by atoms with Crippen LogP contribution in [-0.4, -0.2) is 32.0 Å². The van der Waals surface area contributed by atoms with Crippen LogP contribution in [-0.2, 0) is 201 Å². The Morgan fingerprint density at radius 1 is 0.680 bits per heavy atom. The monoisotopic (exact) mass is 928 g/mol. The summed E-state index contributed by atoms with van der Waals surface area (Å²) in [4.78, 5) is 9.78. The molecule has 0 saturated carbocycles. The molecule has 0 aromatic carbocycles. The van der Waals surface area contributed by atoms with Crippen molar-refractivity contribution in [1.82, 2.24) is 0 Å². The second-order valence-corrected chi connectivity index (χ2v) is 6.67. The normalized spacial score (nSPS) is 3.96. The Morgan fingerprint density at radius 3 is 0.680 bits per heavy atom. The van der Waals surface area contributed by atoms with Gasteiger partial charge in [0.2, 0.25) is 0 Å². The van der Waals surface area contributed by atoms with Gasteiger partial charge in [-0.15, -0.1) is 0 Å². The summed E-state index contributed by atoms with van der Waals surface area (Å²) in [5, 5.41) is 0. The molecule has 0 aliphatic rings. The van der Waals surface area contributed by atoms with Gasteiger partial charge in [0.05, 0.1) is 0 Å². The molecule has 0 heterocycles. The summed E-state index contributed by atoms with van der Waals surface area (Å²) in [7, 11) is 0. The van der Waals surface area contributed by atoms with Crippen LogP contribution >= 0.6 is 48.9 Å². The van der Waals surface area contributed by atoms with Gasteiger partial charge in [-0.1, -0.05) is 20.8 Å². The third-order valence-corrected chi connectivity index (χ3v) is 0. The maximum Gasteiger partial charge on any atom is 0 e. The van der Waals surface area contributed by atoms with Crippen molar-refractivity contribution in [2.45, 2.75) is 20.8 Å². The Kier molecular flexibility index (Phi) is 276. The molecule has 15 heteroatoms. The Morgan fingerprint density at radius 2 is 0.680 bits per heavy atom. The zero-order valence-corrected chi connectivity index (χ0v) is 33.7. The molecule has 0 aliphatic heterocycles. The van der Waals surface area contributed by atoms with E-state index >= 15 is 0 Å². The van der Waals surface area contributed by atoms with E-state index in [1.165, 1.54) is 0 Å². The molecule has 0 spiro atoms. The Hall–Kier alpha value is 5.82. The Labute approximate surface area is 296 Å². The smallest absolute Gasteiger partial charge is 0 e. The first kappa shape index (κ1) is 69.8. The van der Waals surface area contributed by atoms with Crippen LogP contribution in [0.25, 0.3) is 0 Å². The van der Waals surface area contributed by atoms with Gasteiger partial charge >= 0.3 is 72.8 Å². The van der Waals surface area contributed by atoms with E-state index in [2.05, 4.69) is 114 Å². The van der Waals surface area contributed by atoms with Gasteiger partial charge in [-0.2, -0.15) is 12.6 Å². The molecule has 0 fully saturated rings. The van der Waals surface area contributed by atoms with Gasteiger partial charge in [0.1, 0.15) is 0 Å². The van der Waals surface area contributed by atoms with Crippen molar-refractivity contribution < 1.29 is 123 Å². The average Bonchev–Trinajstić information content (AvgIpc) is 2.35. The molecule has 0 rings (SSSR count). The van der Waals surface area contributed by atoms with E-state index in [0.717, 1.165) is 0 Å². The standard InChI is InChI=1S/3C2H4S2.CS2.3CH2.3Mo.2H2S.2Y/c3*1-2(3)4;2-1-3;;;;;;;;;;/h3*1H3,(H,3,4);;3*1H2;;;;2*1H2;;/q;;;-2;;;;;;;;;;/p-5. The first-order valence-corrected chi connectivity index (χ1v) is 11.5. The molecule has 148 valence electrons. The van der Waals surface area contributed by atoms with Crippen molar-refractivity contribution in [2.24, 2.45) is 0 Å². The van der Waals surface area contributed by atoms with Gasteiger partial charge in [-0.3, -0.25) is 0 Å². The molecular formula is C10H17Mo3S10Y2-7. The summed E-state index contributed by atoms with van der Waals surface area (Å²) in [5.74, 6) is 0. The van der Waals surface area contributed by atoms with Gasteiger partial charge in [-0.05, 0) is 0 Å². The first-order chi connectivity index (χ1) is 9.61. The summed E-state index contributed by atoms with van der Waals surface area (Å²) in [6, 6.07) is 0. The molecule has 2 radical (unpaired) electrons. The van der Waals surface area contributed by atoms with E-state index in [-0.39, 0.29) is 92.4 Å². The minimum atomic E-state index is 0. The second kappa shape index (κ2) is 99.0. The molecule has 0 amide bonds. The third kappa shape index (κ3) is 681. The van der Waals surface area contributed by atoms with Crippen molar-refractivity contribution in [3.05, 3.63) is 0 Å². The van der Waals surface area contributed by atoms with E-state index < -0.39 is 0 Å². The van der Waals surface area contributed by atoms with Crippen LogP contribution in [0.4, 0.5) is 0 Å². The van der Waals surface area contributed by atoms with Gasteiger partial charge in [0, 0.05) is 65.4 Å². The van der Waals surface area contributed by atoms with Gasteiger partial charge in [0.25, 0.3) is 0 Å². The van der Waals surface area contributed by atoms with Gasteiger partial charge < -0.3 is 131 Å². The fraction of sp³-hybridized carbons (Fsp3) is 0.300. The molecule has 0 aliphatic carbocycles. The van der Waals surface area contributed by atoms with Crippen molar-refractivity contribution in [3.63, 3.8) is 0 Å². The number of thiocarbonyl (C=S) groups is 4. The predicted molar refractivity (Wildman–Crippen MR) is 136 cm³/mol. The first-order valence-electron chi connectivity index (χ1n) is 4.00. The Bertz CT molecular complexity index is 204. The quantitative estimate of drug-likeness (QED) is 0.117. The van der Waals surface area contributed by atoms with Crippen molar-refractivity contribution >= 4 is 158 Å². The second-order valence-electron chi connectivity index (χ2n) is 1.56. The zero-order chi connectivity index (χ0) is 19.4. The largest absolute Gasteiger partial charge is 0.813 e. The summed E-state index contributed by atoms with van der Waals surface area (Å²) in [6.45, 7) is 5.14. The SMILES string of the molecule is CC(=S)[S-].CC(=S)[S-].CC(=S)[S-].S=[C-][S-].[CH2]=[Mo].[CH2]=[Mo].[CH2]=[Mo].[SH-].[SH-].[Y].[Y]. The summed E-state index contributed by atoms with van der Waals surface area (Å²) in [6.07, 6.45) is 0. The molecular weight excluding hydrogens is 906 g/mol. The van der Waals surface area contributed by atoms with Crippen molar-refractivity contribution in [1.29, 1.82) is 0 Å². The molecule has 0 nitrogen and oxygen atoms in total. The molecule has 0 bridgehead atoms. The van der Waals surface area contributed by atoms with Crippen LogP contribution in [0.2, 0.25) is 0 Å². The van der Waals surface area contributed by atoms with E-state index in [1.807, 2.05) is 4.70 Å². The molecule has 0 atom stereocenters. The third-order valence-electron chi connectivity index (χ3n) is 0. The minimum absolute atomic E-state index is 0. The molecule has 0 saturated heterocycles. The fourth-order valence-electron chi connectivity index (χ4n) is 0. The molecule has 0 N–H and O–H groups in total. The maximum absolute atomic E-state index is 4.35. The number of rotatable bonds is 0. The molecule has 25 heavy (non-hydrogen) atoms. The van der Waals surface area contributed by atoms with Crippen molar-refractivity contribution in [3.8, 4) is 0 Å². The molecule has 0 unspecified atom stereocenters. The van der Waals surface area contributed by atoms with E-state index in [1.54, 1.807) is 78.8 Å².